The van der Waals surface area contributed by atoms with E-state index in [0.717, 1.165) is 25.1 Å². The molecule has 1 aliphatic carbocycles. The zero-order valence-corrected chi connectivity index (χ0v) is 11.7. The van der Waals surface area contributed by atoms with Gasteiger partial charge in [-0.25, -0.2) is 8.42 Å². The summed E-state index contributed by atoms with van der Waals surface area (Å²) in [6.45, 7) is 2.42. The minimum atomic E-state index is -3.16. The second-order valence-electron chi connectivity index (χ2n) is 4.99. The van der Waals surface area contributed by atoms with Crippen molar-refractivity contribution in [2.45, 2.75) is 51.9 Å². The van der Waals surface area contributed by atoms with Gasteiger partial charge >= 0.3 is 0 Å². The van der Waals surface area contributed by atoms with Crippen LogP contribution in [-0.4, -0.2) is 27.1 Å². The molecule has 0 aromatic rings. The second kappa shape index (κ2) is 6.99. The first-order valence-corrected chi connectivity index (χ1v) is 8.35. The van der Waals surface area contributed by atoms with Crippen LogP contribution in [0.4, 0.5) is 0 Å². The molecule has 17 heavy (non-hydrogen) atoms. The summed E-state index contributed by atoms with van der Waals surface area (Å²) in [5.41, 5.74) is 0. The highest BCUT2D eigenvalue weighted by Crippen LogP contribution is 2.27. The third-order valence-corrected chi connectivity index (χ3v) is 3.84. The molecular formula is C12H24N2O2S. The van der Waals surface area contributed by atoms with Gasteiger partial charge in [0.15, 0.2) is 0 Å². The maximum Gasteiger partial charge on any atom is 0.230 e. The minimum absolute atomic E-state index is 0.496. The average molecular weight is 260 g/mol. The van der Waals surface area contributed by atoms with Gasteiger partial charge in [0.05, 0.1) is 6.26 Å². The first-order valence-electron chi connectivity index (χ1n) is 6.46. The highest BCUT2D eigenvalue weighted by atomic mass is 32.2. The number of nitrogens with zero attached hydrogens (tertiary/aromatic N) is 1. The van der Waals surface area contributed by atoms with Crippen molar-refractivity contribution in [2.75, 3.05) is 12.8 Å². The van der Waals surface area contributed by atoms with Gasteiger partial charge in [-0.3, -0.25) is 9.71 Å². The third kappa shape index (κ3) is 7.36. The van der Waals surface area contributed by atoms with E-state index in [0.29, 0.717) is 5.84 Å². The van der Waals surface area contributed by atoms with E-state index in [-0.39, 0.29) is 0 Å². The molecule has 1 rings (SSSR count). The van der Waals surface area contributed by atoms with Crippen molar-refractivity contribution in [1.82, 2.24) is 4.72 Å². The first-order chi connectivity index (χ1) is 7.97. The molecule has 0 spiro atoms. The van der Waals surface area contributed by atoms with Crippen molar-refractivity contribution in [3.05, 3.63) is 0 Å². The number of hydrogen-bond donors (Lipinski definition) is 1. The normalized spacial score (nSPS) is 19.3. The molecule has 0 heterocycles. The standard InChI is InChI=1S/C12H24N2O2S/c1-11(14-17(2,15)16)13-10-6-9-12-7-4-3-5-8-12/h12H,3-10H2,1-2H3,(H,13,14). The SMILES string of the molecule is CC(=NCCCC1CCCCC1)NS(C)(=O)=O. The summed E-state index contributed by atoms with van der Waals surface area (Å²) in [5, 5.41) is 0. The number of hydrogen-bond acceptors (Lipinski definition) is 3. The lowest BCUT2D eigenvalue weighted by molar-refractivity contribution is 0.334. The highest BCUT2D eigenvalue weighted by molar-refractivity contribution is 7.89. The Morgan fingerprint density at radius 3 is 2.53 bits per heavy atom. The predicted octanol–water partition coefficient (Wildman–Crippen LogP) is 2.31. The van der Waals surface area contributed by atoms with E-state index in [1.54, 1.807) is 6.92 Å². The molecule has 0 bridgehead atoms. The summed E-state index contributed by atoms with van der Waals surface area (Å²) in [4.78, 5) is 4.22. The van der Waals surface area contributed by atoms with Crippen molar-refractivity contribution in [2.24, 2.45) is 10.9 Å². The number of aliphatic imine (C=N–C) groups is 1. The summed E-state index contributed by atoms with van der Waals surface area (Å²) in [7, 11) is -3.16. The fourth-order valence-electron chi connectivity index (χ4n) is 2.40. The Morgan fingerprint density at radius 1 is 1.29 bits per heavy atom. The van der Waals surface area contributed by atoms with Crippen molar-refractivity contribution in [3.8, 4) is 0 Å². The Morgan fingerprint density at radius 2 is 1.94 bits per heavy atom. The Kier molecular flexibility index (Phi) is 5.95. The van der Waals surface area contributed by atoms with E-state index in [4.69, 9.17) is 0 Å². The van der Waals surface area contributed by atoms with E-state index < -0.39 is 10.0 Å². The molecule has 0 atom stereocenters. The van der Waals surface area contributed by atoms with E-state index in [1.165, 1.54) is 38.5 Å². The fourth-order valence-corrected chi connectivity index (χ4v) is 3.00. The molecule has 100 valence electrons. The minimum Gasteiger partial charge on any atom is -0.272 e. The molecule has 1 N–H and O–H groups in total. The molecule has 0 saturated heterocycles. The molecule has 4 nitrogen and oxygen atoms in total. The Hall–Kier alpha value is -0.580. The van der Waals surface area contributed by atoms with Crippen LogP contribution < -0.4 is 4.72 Å². The van der Waals surface area contributed by atoms with E-state index in [2.05, 4.69) is 9.71 Å². The molecule has 5 heteroatoms. The Balaban J connectivity index is 2.15. The van der Waals surface area contributed by atoms with Crippen molar-refractivity contribution >= 4 is 15.9 Å². The molecule has 0 unspecified atom stereocenters. The molecule has 0 amide bonds. The lowest BCUT2D eigenvalue weighted by Crippen LogP contribution is -2.27. The van der Waals surface area contributed by atoms with Gasteiger partial charge in [0, 0.05) is 6.54 Å². The molecule has 0 aliphatic heterocycles. The van der Waals surface area contributed by atoms with Crippen LogP contribution in [0, 0.1) is 5.92 Å². The monoisotopic (exact) mass is 260 g/mol. The molecule has 1 fully saturated rings. The van der Waals surface area contributed by atoms with E-state index in [1.807, 2.05) is 0 Å². The Labute approximate surface area is 105 Å². The van der Waals surface area contributed by atoms with E-state index >= 15 is 0 Å². The molecule has 1 saturated carbocycles. The first kappa shape index (κ1) is 14.5. The van der Waals surface area contributed by atoms with Crippen molar-refractivity contribution in [3.63, 3.8) is 0 Å². The van der Waals surface area contributed by atoms with Gasteiger partial charge in [0.2, 0.25) is 10.0 Å². The van der Waals surface area contributed by atoms with Crippen LogP contribution in [0.25, 0.3) is 0 Å². The van der Waals surface area contributed by atoms with Gasteiger partial charge in [0.25, 0.3) is 0 Å². The molecule has 0 aromatic heterocycles. The largest absolute Gasteiger partial charge is 0.272 e. The topological polar surface area (TPSA) is 58.5 Å². The number of nitrogens with one attached hydrogen (secondary N) is 1. The van der Waals surface area contributed by atoms with Crippen molar-refractivity contribution < 1.29 is 8.42 Å². The van der Waals surface area contributed by atoms with Crippen LogP contribution in [0.1, 0.15) is 51.9 Å². The summed E-state index contributed by atoms with van der Waals surface area (Å²) < 4.78 is 24.2. The van der Waals surface area contributed by atoms with Gasteiger partial charge in [-0.05, 0) is 25.7 Å². The Bertz CT molecular complexity index is 344. The fraction of sp³-hybridized carbons (Fsp3) is 0.917. The lowest BCUT2D eigenvalue weighted by Gasteiger charge is -2.20. The quantitative estimate of drug-likeness (QED) is 0.468. The lowest BCUT2D eigenvalue weighted by atomic mass is 9.86. The second-order valence-corrected chi connectivity index (χ2v) is 6.74. The maximum absolute atomic E-state index is 10.9. The van der Waals surface area contributed by atoms with Gasteiger partial charge in [0.1, 0.15) is 5.84 Å². The molecular weight excluding hydrogens is 236 g/mol. The third-order valence-electron chi connectivity index (χ3n) is 3.18. The van der Waals surface area contributed by atoms with Crippen LogP contribution >= 0.6 is 0 Å². The van der Waals surface area contributed by atoms with Gasteiger partial charge in [-0.15, -0.1) is 0 Å². The zero-order chi connectivity index (χ0) is 12.7. The van der Waals surface area contributed by atoms with Gasteiger partial charge < -0.3 is 0 Å². The van der Waals surface area contributed by atoms with Crippen LogP contribution in [0.15, 0.2) is 4.99 Å². The smallest absolute Gasteiger partial charge is 0.230 e. The summed E-state index contributed by atoms with van der Waals surface area (Å²) in [5.74, 6) is 1.37. The number of rotatable bonds is 5. The molecule has 1 aliphatic rings. The van der Waals surface area contributed by atoms with Crippen LogP contribution in [-0.2, 0) is 10.0 Å². The highest BCUT2D eigenvalue weighted by Gasteiger charge is 2.12. The average Bonchev–Trinajstić information content (AvgIpc) is 2.23. The summed E-state index contributed by atoms with van der Waals surface area (Å²) >= 11 is 0. The summed E-state index contributed by atoms with van der Waals surface area (Å²) in [6.07, 6.45) is 10.3. The van der Waals surface area contributed by atoms with Gasteiger partial charge in [-0.1, -0.05) is 32.1 Å². The van der Waals surface area contributed by atoms with Crippen LogP contribution in [0.2, 0.25) is 0 Å². The number of amidine groups is 1. The van der Waals surface area contributed by atoms with Crippen LogP contribution in [0.5, 0.6) is 0 Å². The van der Waals surface area contributed by atoms with E-state index in [9.17, 15) is 8.42 Å². The van der Waals surface area contributed by atoms with Crippen LogP contribution in [0.3, 0.4) is 0 Å². The van der Waals surface area contributed by atoms with Gasteiger partial charge in [-0.2, -0.15) is 0 Å². The maximum atomic E-state index is 10.9. The predicted molar refractivity (Wildman–Crippen MR) is 71.8 cm³/mol. The molecule has 0 radical (unpaired) electrons. The molecule has 0 aromatic carbocycles. The van der Waals surface area contributed by atoms with Crippen molar-refractivity contribution in [1.29, 1.82) is 0 Å². The summed E-state index contributed by atoms with van der Waals surface area (Å²) in [6, 6.07) is 0. The number of sulfonamides is 1. The zero-order valence-electron chi connectivity index (χ0n) is 10.9.